The highest BCUT2D eigenvalue weighted by molar-refractivity contribution is 5.97. The molecule has 2 aliphatic rings. The maximum atomic E-state index is 12.7. The van der Waals surface area contributed by atoms with Crippen molar-refractivity contribution >= 4 is 11.9 Å². The van der Waals surface area contributed by atoms with Gasteiger partial charge < -0.3 is 14.7 Å². The molecular formula is C17H21NO4. The number of hydrogen-bond donors (Lipinski definition) is 1. The lowest BCUT2D eigenvalue weighted by Crippen LogP contribution is -2.42. The fourth-order valence-corrected chi connectivity index (χ4v) is 2.95. The summed E-state index contributed by atoms with van der Waals surface area (Å²) in [6, 6.07) is 7.27. The first-order chi connectivity index (χ1) is 10.6. The molecule has 0 unspecified atom stereocenters. The van der Waals surface area contributed by atoms with E-state index in [4.69, 9.17) is 9.84 Å². The number of rotatable bonds is 4. The molecule has 0 aromatic heterocycles. The zero-order chi connectivity index (χ0) is 15.5. The maximum absolute atomic E-state index is 12.7. The standard InChI is InChI=1S/C17H21NO4/c19-16(18-10-4-5-12(11-18)17(20)21)14-8-1-2-9-15(14)22-13-6-3-7-13/h1-2,8-9,12-13H,3-7,10-11H2,(H,20,21)/t12-/m0/s1. The second-order valence-corrected chi connectivity index (χ2v) is 6.10. The van der Waals surface area contributed by atoms with Gasteiger partial charge in [-0.1, -0.05) is 12.1 Å². The molecule has 1 N–H and O–H groups in total. The summed E-state index contributed by atoms with van der Waals surface area (Å²) in [5, 5.41) is 9.16. The zero-order valence-electron chi connectivity index (χ0n) is 12.5. The van der Waals surface area contributed by atoms with E-state index in [1.807, 2.05) is 18.2 Å². The van der Waals surface area contributed by atoms with Crippen molar-refractivity contribution in [2.75, 3.05) is 13.1 Å². The molecule has 0 spiro atoms. The van der Waals surface area contributed by atoms with Crippen molar-refractivity contribution in [1.29, 1.82) is 0 Å². The summed E-state index contributed by atoms with van der Waals surface area (Å²) in [4.78, 5) is 25.5. The molecule has 0 bridgehead atoms. The quantitative estimate of drug-likeness (QED) is 0.928. The van der Waals surface area contributed by atoms with E-state index >= 15 is 0 Å². The van der Waals surface area contributed by atoms with Crippen molar-refractivity contribution in [2.45, 2.75) is 38.2 Å². The normalized spacial score (nSPS) is 22.0. The SMILES string of the molecule is O=C(O)[C@H]1CCCN(C(=O)c2ccccc2OC2CCC2)C1. The van der Waals surface area contributed by atoms with Crippen LogP contribution in [-0.4, -0.2) is 41.1 Å². The Morgan fingerprint density at radius 3 is 2.59 bits per heavy atom. The topological polar surface area (TPSA) is 66.8 Å². The van der Waals surface area contributed by atoms with Crippen LogP contribution in [0, 0.1) is 5.92 Å². The minimum Gasteiger partial charge on any atom is -0.490 e. The third-order valence-corrected chi connectivity index (χ3v) is 4.52. The Morgan fingerprint density at radius 1 is 1.14 bits per heavy atom. The van der Waals surface area contributed by atoms with Gasteiger partial charge in [0.25, 0.3) is 5.91 Å². The number of benzene rings is 1. The van der Waals surface area contributed by atoms with E-state index in [2.05, 4.69) is 0 Å². The number of carbonyl (C=O) groups is 2. The van der Waals surface area contributed by atoms with Crippen LogP contribution in [0.5, 0.6) is 5.75 Å². The molecule has 22 heavy (non-hydrogen) atoms. The number of aliphatic carboxylic acids is 1. The molecule has 1 amide bonds. The highest BCUT2D eigenvalue weighted by Crippen LogP contribution is 2.29. The zero-order valence-corrected chi connectivity index (χ0v) is 12.5. The van der Waals surface area contributed by atoms with Crippen LogP contribution in [0.1, 0.15) is 42.5 Å². The van der Waals surface area contributed by atoms with Crippen LogP contribution in [-0.2, 0) is 4.79 Å². The van der Waals surface area contributed by atoms with Crippen LogP contribution in [0.2, 0.25) is 0 Å². The summed E-state index contributed by atoms with van der Waals surface area (Å²) >= 11 is 0. The van der Waals surface area contributed by atoms with Crippen LogP contribution in [0.15, 0.2) is 24.3 Å². The van der Waals surface area contributed by atoms with Crippen LogP contribution in [0.4, 0.5) is 0 Å². The Bertz CT molecular complexity index is 568. The van der Waals surface area contributed by atoms with Gasteiger partial charge in [0.05, 0.1) is 17.6 Å². The molecule has 1 saturated heterocycles. The summed E-state index contributed by atoms with van der Waals surface area (Å²) in [6.45, 7) is 0.895. The maximum Gasteiger partial charge on any atom is 0.308 e. The Hall–Kier alpha value is -2.04. The molecule has 1 aliphatic carbocycles. The number of nitrogens with zero attached hydrogens (tertiary/aromatic N) is 1. The number of amides is 1. The lowest BCUT2D eigenvalue weighted by atomic mass is 9.96. The fraction of sp³-hybridized carbons (Fsp3) is 0.529. The molecule has 5 heteroatoms. The number of piperidine rings is 1. The average Bonchev–Trinajstić information content (AvgIpc) is 2.50. The molecule has 1 heterocycles. The smallest absolute Gasteiger partial charge is 0.308 e. The molecule has 1 aromatic rings. The first kappa shape index (κ1) is 14.9. The van der Waals surface area contributed by atoms with Gasteiger partial charge in [0.2, 0.25) is 0 Å². The minimum absolute atomic E-state index is 0.124. The largest absolute Gasteiger partial charge is 0.490 e. The molecule has 118 valence electrons. The predicted octanol–water partition coefficient (Wildman–Crippen LogP) is 2.55. The number of ether oxygens (including phenoxy) is 1. The highest BCUT2D eigenvalue weighted by Gasteiger charge is 2.30. The molecule has 1 atom stereocenters. The lowest BCUT2D eigenvalue weighted by molar-refractivity contribution is -0.143. The minimum atomic E-state index is -0.823. The summed E-state index contributed by atoms with van der Waals surface area (Å²) in [6.07, 6.45) is 4.82. The summed E-state index contributed by atoms with van der Waals surface area (Å²) < 4.78 is 5.90. The summed E-state index contributed by atoms with van der Waals surface area (Å²) in [7, 11) is 0. The number of likely N-dealkylation sites (tertiary alicyclic amines) is 1. The number of carboxylic acid groups (broad SMARTS) is 1. The molecule has 1 aliphatic heterocycles. The molecule has 3 rings (SSSR count). The van der Waals surface area contributed by atoms with E-state index in [9.17, 15) is 9.59 Å². The summed E-state index contributed by atoms with van der Waals surface area (Å²) in [5.74, 6) is -0.788. The van der Waals surface area contributed by atoms with Crippen LogP contribution in [0.3, 0.4) is 0 Å². The van der Waals surface area contributed by atoms with Crippen molar-refractivity contribution < 1.29 is 19.4 Å². The van der Waals surface area contributed by atoms with Crippen LogP contribution >= 0.6 is 0 Å². The number of carboxylic acids is 1. The van der Waals surface area contributed by atoms with E-state index < -0.39 is 11.9 Å². The highest BCUT2D eigenvalue weighted by atomic mass is 16.5. The molecule has 0 radical (unpaired) electrons. The third kappa shape index (κ3) is 3.08. The molecule has 2 fully saturated rings. The van der Waals surface area contributed by atoms with Gasteiger partial charge in [-0.25, -0.2) is 0 Å². The van der Waals surface area contributed by atoms with E-state index in [0.717, 1.165) is 19.3 Å². The average molecular weight is 303 g/mol. The second kappa shape index (κ2) is 6.38. The van der Waals surface area contributed by atoms with Gasteiger partial charge in [0.1, 0.15) is 5.75 Å². The lowest BCUT2D eigenvalue weighted by Gasteiger charge is -2.32. The van der Waals surface area contributed by atoms with Crippen LogP contribution < -0.4 is 4.74 Å². The number of para-hydroxylation sites is 1. The van der Waals surface area contributed by atoms with Crippen LogP contribution in [0.25, 0.3) is 0 Å². The van der Waals surface area contributed by atoms with Gasteiger partial charge in [-0.15, -0.1) is 0 Å². The van der Waals surface area contributed by atoms with Crippen molar-refractivity contribution in [1.82, 2.24) is 4.90 Å². The number of hydrogen-bond acceptors (Lipinski definition) is 3. The van der Waals surface area contributed by atoms with Crippen molar-refractivity contribution in [3.63, 3.8) is 0 Å². The van der Waals surface area contributed by atoms with E-state index in [0.29, 0.717) is 24.3 Å². The predicted molar refractivity (Wildman–Crippen MR) is 81.0 cm³/mol. The van der Waals surface area contributed by atoms with Crippen molar-refractivity contribution in [3.8, 4) is 5.75 Å². The Kier molecular flexibility index (Phi) is 4.32. The Balaban J connectivity index is 1.75. The fourth-order valence-electron chi connectivity index (χ4n) is 2.95. The van der Waals surface area contributed by atoms with E-state index in [-0.39, 0.29) is 18.6 Å². The van der Waals surface area contributed by atoms with Gasteiger partial charge in [-0.3, -0.25) is 9.59 Å². The van der Waals surface area contributed by atoms with Crippen molar-refractivity contribution in [2.24, 2.45) is 5.92 Å². The third-order valence-electron chi connectivity index (χ3n) is 4.52. The Morgan fingerprint density at radius 2 is 1.91 bits per heavy atom. The summed E-state index contributed by atoms with van der Waals surface area (Å²) in [5.41, 5.74) is 0.542. The van der Waals surface area contributed by atoms with Gasteiger partial charge in [-0.05, 0) is 44.2 Å². The van der Waals surface area contributed by atoms with Crippen molar-refractivity contribution in [3.05, 3.63) is 29.8 Å². The molecule has 5 nitrogen and oxygen atoms in total. The van der Waals surface area contributed by atoms with E-state index in [1.165, 1.54) is 6.42 Å². The van der Waals surface area contributed by atoms with E-state index in [1.54, 1.807) is 11.0 Å². The second-order valence-electron chi connectivity index (χ2n) is 6.10. The first-order valence-corrected chi connectivity index (χ1v) is 7.93. The van der Waals surface area contributed by atoms with Gasteiger partial charge in [0.15, 0.2) is 0 Å². The molecule has 1 aromatic carbocycles. The molecule has 1 saturated carbocycles. The van der Waals surface area contributed by atoms with Gasteiger partial charge in [-0.2, -0.15) is 0 Å². The number of carbonyl (C=O) groups excluding carboxylic acids is 1. The van der Waals surface area contributed by atoms with Gasteiger partial charge in [0, 0.05) is 13.1 Å². The monoisotopic (exact) mass is 303 g/mol. The Labute approximate surface area is 129 Å². The first-order valence-electron chi connectivity index (χ1n) is 7.93. The molecular weight excluding hydrogens is 282 g/mol. The van der Waals surface area contributed by atoms with Gasteiger partial charge >= 0.3 is 5.97 Å².